The third-order valence-electron chi connectivity index (χ3n) is 5.06. The smallest absolute Gasteiger partial charge is 0.154 e. The molecule has 2 rings (SSSR count). The molecule has 0 aromatic rings. The average Bonchev–Trinajstić information content (AvgIpc) is 2.47. The molecule has 2 fully saturated rings. The molecule has 1 unspecified atom stereocenters. The molecule has 0 saturated heterocycles. The van der Waals surface area contributed by atoms with E-state index in [0.29, 0.717) is 11.7 Å². The van der Waals surface area contributed by atoms with Gasteiger partial charge in [0.05, 0.1) is 11.0 Å². The van der Waals surface area contributed by atoms with E-state index in [1.54, 1.807) is 0 Å². The summed E-state index contributed by atoms with van der Waals surface area (Å²) < 4.78 is 25.1. The van der Waals surface area contributed by atoms with E-state index in [4.69, 9.17) is 0 Å². The Balaban J connectivity index is 1.95. The van der Waals surface area contributed by atoms with Crippen molar-refractivity contribution in [2.24, 2.45) is 5.92 Å². The predicted molar refractivity (Wildman–Crippen MR) is 80.1 cm³/mol. The van der Waals surface area contributed by atoms with Crippen molar-refractivity contribution in [2.75, 3.05) is 12.8 Å². The van der Waals surface area contributed by atoms with Gasteiger partial charge < -0.3 is 5.32 Å². The topological polar surface area (TPSA) is 46.2 Å². The molecule has 0 heterocycles. The fourth-order valence-electron chi connectivity index (χ4n) is 3.80. The fraction of sp³-hybridized carbons (Fsp3) is 1.00. The zero-order chi connectivity index (χ0) is 13.7. The van der Waals surface area contributed by atoms with Crippen LogP contribution in [0.1, 0.15) is 64.2 Å². The molecule has 2 aliphatic rings. The van der Waals surface area contributed by atoms with E-state index in [1.807, 2.05) is 7.05 Å². The maximum Gasteiger partial charge on any atom is 0.154 e. The van der Waals surface area contributed by atoms with Crippen molar-refractivity contribution in [1.82, 2.24) is 5.32 Å². The van der Waals surface area contributed by atoms with Crippen LogP contribution in [-0.4, -0.2) is 32.5 Å². The van der Waals surface area contributed by atoms with Crippen LogP contribution in [0.15, 0.2) is 0 Å². The molecule has 0 amide bonds. The van der Waals surface area contributed by atoms with E-state index in [1.165, 1.54) is 38.5 Å². The highest BCUT2D eigenvalue weighted by atomic mass is 32.2. The Bertz CT molecular complexity index is 354. The number of nitrogens with one attached hydrogen (secondary N) is 1. The first-order valence-corrected chi connectivity index (χ1v) is 9.74. The minimum Gasteiger partial charge on any atom is -0.316 e. The first-order valence-electron chi connectivity index (χ1n) is 8.02. The Morgan fingerprint density at radius 3 is 2.00 bits per heavy atom. The van der Waals surface area contributed by atoms with E-state index in [9.17, 15) is 8.42 Å². The maximum absolute atomic E-state index is 12.6. The number of sulfone groups is 1. The van der Waals surface area contributed by atoms with Gasteiger partial charge in [0.1, 0.15) is 0 Å². The lowest BCUT2D eigenvalue weighted by Gasteiger charge is -2.31. The second kappa shape index (κ2) is 7.07. The second-order valence-electron chi connectivity index (χ2n) is 6.38. The molecule has 19 heavy (non-hydrogen) atoms. The molecule has 0 spiro atoms. The van der Waals surface area contributed by atoms with Gasteiger partial charge in [-0.2, -0.15) is 0 Å². The van der Waals surface area contributed by atoms with Gasteiger partial charge in [0.15, 0.2) is 9.84 Å². The first kappa shape index (κ1) is 15.3. The van der Waals surface area contributed by atoms with Crippen molar-refractivity contribution in [1.29, 1.82) is 0 Å². The summed E-state index contributed by atoms with van der Waals surface area (Å²) in [4.78, 5) is 0. The van der Waals surface area contributed by atoms with Crippen molar-refractivity contribution in [2.45, 2.75) is 75.5 Å². The van der Waals surface area contributed by atoms with Crippen LogP contribution in [0.25, 0.3) is 0 Å². The summed E-state index contributed by atoms with van der Waals surface area (Å²) >= 11 is 0. The average molecular weight is 287 g/mol. The quantitative estimate of drug-likeness (QED) is 0.845. The minimum atomic E-state index is -2.91. The van der Waals surface area contributed by atoms with Gasteiger partial charge in [0.25, 0.3) is 0 Å². The Morgan fingerprint density at radius 1 is 0.947 bits per heavy atom. The molecule has 0 aliphatic heterocycles. The summed E-state index contributed by atoms with van der Waals surface area (Å²) in [6.45, 7) is 0. The van der Waals surface area contributed by atoms with Gasteiger partial charge in [0, 0.05) is 6.04 Å². The summed E-state index contributed by atoms with van der Waals surface area (Å²) in [6.07, 6.45) is 11.4. The molecule has 2 aliphatic carbocycles. The maximum atomic E-state index is 12.6. The Kier molecular flexibility index (Phi) is 5.70. The third kappa shape index (κ3) is 4.19. The van der Waals surface area contributed by atoms with Crippen LogP contribution in [0.5, 0.6) is 0 Å². The van der Waals surface area contributed by atoms with Gasteiger partial charge >= 0.3 is 0 Å². The van der Waals surface area contributed by atoms with Gasteiger partial charge in [-0.15, -0.1) is 0 Å². The molecule has 1 atom stereocenters. The normalized spacial score (nSPS) is 25.3. The Morgan fingerprint density at radius 2 is 1.47 bits per heavy atom. The van der Waals surface area contributed by atoms with E-state index < -0.39 is 9.84 Å². The van der Waals surface area contributed by atoms with E-state index >= 15 is 0 Å². The monoisotopic (exact) mass is 287 g/mol. The highest BCUT2D eigenvalue weighted by Gasteiger charge is 2.32. The lowest BCUT2D eigenvalue weighted by molar-refractivity contribution is 0.292. The van der Waals surface area contributed by atoms with Crippen molar-refractivity contribution in [3.63, 3.8) is 0 Å². The van der Waals surface area contributed by atoms with Crippen LogP contribution in [0.2, 0.25) is 0 Å². The van der Waals surface area contributed by atoms with E-state index in [2.05, 4.69) is 5.32 Å². The lowest BCUT2D eigenvalue weighted by Crippen LogP contribution is -2.43. The van der Waals surface area contributed by atoms with Gasteiger partial charge in [0.2, 0.25) is 0 Å². The molecule has 0 aromatic heterocycles. The molecule has 2 saturated carbocycles. The van der Waals surface area contributed by atoms with Crippen molar-refractivity contribution in [3.05, 3.63) is 0 Å². The predicted octanol–water partition coefficient (Wildman–Crippen LogP) is 2.90. The van der Waals surface area contributed by atoms with Gasteiger partial charge in [-0.1, -0.05) is 38.5 Å². The summed E-state index contributed by atoms with van der Waals surface area (Å²) in [5.74, 6) is 0.927. The molecule has 1 N–H and O–H groups in total. The molecule has 0 aromatic carbocycles. The fourth-order valence-corrected chi connectivity index (χ4v) is 6.07. The molecular weight excluding hydrogens is 258 g/mol. The van der Waals surface area contributed by atoms with Crippen molar-refractivity contribution < 1.29 is 8.42 Å². The van der Waals surface area contributed by atoms with Gasteiger partial charge in [-0.25, -0.2) is 8.42 Å². The van der Waals surface area contributed by atoms with Crippen LogP contribution in [-0.2, 0) is 9.84 Å². The minimum absolute atomic E-state index is 0.0549. The SMILES string of the molecule is CNC(CS(=O)(=O)C1CCCCC1)C1CCCCC1. The standard InChI is InChI=1S/C15H29NO2S/c1-16-15(13-8-4-2-5-9-13)12-19(17,18)14-10-6-3-7-11-14/h13-16H,2-12H2,1H3. The third-order valence-corrected chi connectivity index (χ3v) is 7.37. The lowest BCUT2D eigenvalue weighted by atomic mass is 9.84. The second-order valence-corrected chi connectivity index (χ2v) is 8.71. The largest absolute Gasteiger partial charge is 0.316 e. The highest BCUT2D eigenvalue weighted by Crippen LogP contribution is 2.29. The highest BCUT2D eigenvalue weighted by molar-refractivity contribution is 7.92. The van der Waals surface area contributed by atoms with Crippen molar-refractivity contribution in [3.8, 4) is 0 Å². The zero-order valence-corrected chi connectivity index (χ0v) is 13.1. The number of rotatable bonds is 5. The summed E-state index contributed by atoms with van der Waals surface area (Å²) in [5, 5.41) is 3.23. The zero-order valence-electron chi connectivity index (χ0n) is 12.2. The van der Waals surface area contributed by atoms with Crippen LogP contribution in [0, 0.1) is 5.92 Å². The van der Waals surface area contributed by atoms with Gasteiger partial charge in [-0.3, -0.25) is 0 Å². The van der Waals surface area contributed by atoms with Crippen molar-refractivity contribution >= 4 is 9.84 Å². The van der Waals surface area contributed by atoms with Crippen LogP contribution in [0.4, 0.5) is 0 Å². The number of hydrogen-bond acceptors (Lipinski definition) is 3. The first-order chi connectivity index (χ1) is 9.13. The molecule has 112 valence electrons. The molecule has 3 nitrogen and oxygen atoms in total. The number of hydrogen-bond donors (Lipinski definition) is 1. The summed E-state index contributed by atoms with van der Waals surface area (Å²) in [7, 11) is -0.980. The molecule has 0 bridgehead atoms. The van der Waals surface area contributed by atoms with Gasteiger partial charge in [-0.05, 0) is 38.6 Å². The van der Waals surface area contributed by atoms with E-state index in [-0.39, 0.29) is 11.3 Å². The molecular formula is C15H29NO2S. The molecule has 0 radical (unpaired) electrons. The van der Waals surface area contributed by atoms with Crippen LogP contribution in [0.3, 0.4) is 0 Å². The summed E-state index contributed by atoms with van der Waals surface area (Å²) in [5.41, 5.74) is 0. The van der Waals surface area contributed by atoms with Crippen LogP contribution >= 0.6 is 0 Å². The Hall–Kier alpha value is -0.0900. The Labute approximate surface area is 118 Å². The van der Waals surface area contributed by atoms with E-state index in [0.717, 1.165) is 25.7 Å². The summed E-state index contributed by atoms with van der Waals surface area (Å²) in [6, 6.07) is 0.173. The molecule has 4 heteroatoms. The van der Waals surface area contributed by atoms with Crippen LogP contribution < -0.4 is 5.32 Å².